The molecule has 5 nitrogen and oxygen atoms in total. The molecule has 1 aliphatic heterocycles. The zero-order valence-electron chi connectivity index (χ0n) is 14.4. The first kappa shape index (κ1) is 15.8. The summed E-state index contributed by atoms with van der Waals surface area (Å²) in [6, 6.07) is 9.08. The van der Waals surface area contributed by atoms with E-state index in [1.807, 2.05) is 25.1 Å². The molecule has 1 aliphatic carbocycles. The van der Waals surface area contributed by atoms with E-state index in [0.717, 1.165) is 11.1 Å². The maximum atomic E-state index is 12.8. The second kappa shape index (κ2) is 5.69. The molecule has 1 heterocycles. The number of fused-ring (bicyclic) bond motifs is 2. The van der Waals surface area contributed by atoms with Gasteiger partial charge in [0, 0.05) is 17.4 Å². The Morgan fingerprint density at radius 2 is 1.84 bits per heavy atom. The molecule has 25 heavy (non-hydrogen) atoms. The lowest BCUT2D eigenvalue weighted by Crippen LogP contribution is -2.32. The van der Waals surface area contributed by atoms with Crippen molar-refractivity contribution in [2.24, 2.45) is 11.8 Å². The minimum absolute atomic E-state index is 0.00620. The fourth-order valence-corrected chi connectivity index (χ4v) is 3.86. The molecule has 5 heteroatoms. The number of carbonyl (C=O) groups is 1. The van der Waals surface area contributed by atoms with Crippen molar-refractivity contribution in [3.05, 3.63) is 47.0 Å². The second-order valence-corrected chi connectivity index (χ2v) is 6.71. The van der Waals surface area contributed by atoms with Crippen molar-refractivity contribution < 1.29 is 24.1 Å². The number of ether oxygens (including phenoxy) is 3. The molecule has 0 saturated heterocycles. The average Bonchev–Trinajstić information content (AvgIpc) is 3.07. The van der Waals surface area contributed by atoms with Gasteiger partial charge in [0.05, 0.1) is 7.11 Å². The lowest BCUT2D eigenvalue weighted by Gasteiger charge is -2.35. The van der Waals surface area contributed by atoms with Gasteiger partial charge in [-0.2, -0.15) is 0 Å². The summed E-state index contributed by atoms with van der Waals surface area (Å²) in [7, 11) is 1.53. The molecule has 130 valence electrons. The topological polar surface area (TPSA) is 65.0 Å². The summed E-state index contributed by atoms with van der Waals surface area (Å²) >= 11 is 0. The van der Waals surface area contributed by atoms with E-state index in [1.54, 1.807) is 12.1 Å². The highest BCUT2D eigenvalue weighted by molar-refractivity contribution is 6.01. The molecule has 2 aliphatic rings. The minimum Gasteiger partial charge on any atom is -0.504 e. The highest BCUT2D eigenvalue weighted by Gasteiger charge is 2.39. The first-order chi connectivity index (χ1) is 12.0. The molecule has 3 atom stereocenters. The summed E-state index contributed by atoms with van der Waals surface area (Å²) in [4.78, 5) is 12.8. The van der Waals surface area contributed by atoms with E-state index in [1.165, 1.54) is 7.11 Å². The lowest BCUT2D eigenvalue weighted by molar-refractivity contribution is 0.0866. The van der Waals surface area contributed by atoms with Crippen LogP contribution in [-0.2, 0) is 0 Å². The van der Waals surface area contributed by atoms with Crippen LogP contribution in [0.1, 0.15) is 41.3 Å². The molecular formula is C20H20O5. The number of rotatable bonds is 2. The standard InChI is InChI=1S/C20H20O5/c1-10-11(2)20(22)14-8-18-17(24-9-25-18)7-13(14)19(10)12-4-5-15(21)16(6-12)23-3/h4-8,10-11,19,21H,9H2,1-3H3/t10-,11-,19+/m1/s1. The third-order valence-corrected chi connectivity index (χ3v) is 5.44. The van der Waals surface area contributed by atoms with Gasteiger partial charge in [-0.3, -0.25) is 4.79 Å². The predicted octanol–water partition coefficient (Wildman–Crippen LogP) is 3.73. The summed E-state index contributed by atoms with van der Waals surface area (Å²) in [5, 5.41) is 9.90. The van der Waals surface area contributed by atoms with Crippen LogP contribution in [0.15, 0.2) is 30.3 Å². The van der Waals surface area contributed by atoms with Gasteiger partial charge in [-0.1, -0.05) is 19.9 Å². The Bertz CT molecular complexity index is 857. The normalized spacial score (nSPS) is 24.1. The highest BCUT2D eigenvalue weighted by atomic mass is 16.7. The fourth-order valence-electron chi connectivity index (χ4n) is 3.86. The summed E-state index contributed by atoms with van der Waals surface area (Å²) in [5.74, 6) is 1.95. The van der Waals surface area contributed by atoms with Gasteiger partial charge in [-0.15, -0.1) is 0 Å². The van der Waals surface area contributed by atoms with E-state index in [0.29, 0.717) is 22.8 Å². The summed E-state index contributed by atoms with van der Waals surface area (Å²) in [5.41, 5.74) is 2.63. The molecule has 0 bridgehead atoms. The van der Waals surface area contributed by atoms with Crippen LogP contribution in [0.4, 0.5) is 0 Å². The van der Waals surface area contributed by atoms with Gasteiger partial charge in [0.25, 0.3) is 0 Å². The zero-order chi connectivity index (χ0) is 17.7. The van der Waals surface area contributed by atoms with Gasteiger partial charge in [0.15, 0.2) is 28.8 Å². The molecule has 0 aromatic heterocycles. The number of aromatic hydroxyl groups is 1. The van der Waals surface area contributed by atoms with Crippen LogP contribution in [-0.4, -0.2) is 24.8 Å². The molecule has 0 fully saturated rings. The summed E-state index contributed by atoms with van der Waals surface area (Å²) in [6.45, 7) is 4.22. The van der Waals surface area contributed by atoms with Crippen molar-refractivity contribution in [3.63, 3.8) is 0 Å². The minimum atomic E-state index is -0.113. The molecule has 0 unspecified atom stereocenters. The predicted molar refractivity (Wildman–Crippen MR) is 91.7 cm³/mol. The molecule has 1 N–H and O–H groups in total. The Kier molecular flexibility index (Phi) is 3.60. The quantitative estimate of drug-likeness (QED) is 0.902. The van der Waals surface area contributed by atoms with Gasteiger partial charge in [-0.25, -0.2) is 0 Å². The van der Waals surface area contributed by atoms with Crippen LogP contribution in [0.5, 0.6) is 23.0 Å². The SMILES string of the molecule is COc1cc([C@H]2c3cc4c(cc3C(=O)[C@H](C)[C@H]2C)OCO4)ccc1O. The first-order valence-electron chi connectivity index (χ1n) is 8.36. The number of Topliss-reactive ketones (excluding diaryl/α,β-unsaturated/α-hetero) is 1. The first-order valence-corrected chi connectivity index (χ1v) is 8.36. The second-order valence-electron chi connectivity index (χ2n) is 6.71. The van der Waals surface area contributed by atoms with Gasteiger partial charge in [0.2, 0.25) is 6.79 Å². The Morgan fingerprint density at radius 3 is 2.56 bits per heavy atom. The number of ketones is 1. The number of methoxy groups -OCH3 is 1. The maximum absolute atomic E-state index is 12.8. The Morgan fingerprint density at radius 1 is 1.12 bits per heavy atom. The van der Waals surface area contributed by atoms with Gasteiger partial charge in [-0.05, 0) is 41.3 Å². The lowest BCUT2D eigenvalue weighted by atomic mass is 9.67. The third kappa shape index (κ3) is 2.34. The Balaban J connectivity index is 1.91. The van der Waals surface area contributed by atoms with E-state index < -0.39 is 0 Å². The van der Waals surface area contributed by atoms with Crippen molar-refractivity contribution in [1.29, 1.82) is 0 Å². The van der Waals surface area contributed by atoms with Crippen LogP contribution in [0.3, 0.4) is 0 Å². The molecule has 0 spiro atoms. The maximum Gasteiger partial charge on any atom is 0.231 e. The number of carbonyl (C=O) groups excluding carboxylic acids is 1. The van der Waals surface area contributed by atoms with E-state index in [-0.39, 0.29) is 36.1 Å². The highest BCUT2D eigenvalue weighted by Crippen LogP contribution is 2.48. The molecule has 0 amide bonds. The molecule has 0 radical (unpaired) electrons. The van der Waals surface area contributed by atoms with E-state index in [2.05, 4.69) is 6.92 Å². The van der Waals surface area contributed by atoms with Crippen molar-refractivity contribution in [3.8, 4) is 23.0 Å². The molecule has 2 aromatic carbocycles. The van der Waals surface area contributed by atoms with Crippen molar-refractivity contribution >= 4 is 5.78 Å². The number of phenols is 1. The van der Waals surface area contributed by atoms with Crippen molar-refractivity contribution in [1.82, 2.24) is 0 Å². The van der Waals surface area contributed by atoms with Crippen LogP contribution >= 0.6 is 0 Å². The average molecular weight is 340 g/mol. The van der Waals surface area contributed by atoms with E-state index in [9.17, 15) is 9.90 Å². The summed E-state index contributed by atoms with van der Waals surface area (Å²) < 4.78 is 16.2. The number of phenolic OH excluding ortho intramolecular Hbond substituents is 1. The van der Waals surface area contributed by atoms with Crippen LogP contribution in [0.2, 0.25) is 0 Å². The fraction of sp³-hybridized carbons (Fsp3) is 0.350. The third-order valence-electron chi connectivity index (χ3n) is 5.44. The van der Waals surface area contributed by atoms with Gasteiger partial charge in [0.1, 0.15) is 0 Å². The number of hydrogen-bond donors (Lipinski definition) is 1. The van der Waals surface area contributed by atoms with Crippen LogP contribution < -0.4 is 14.2 Å². The zero-order valence-corrected chi connectivity index (χ0v) is 14.4. The van der Waals surface area contributed by atoms with E-state index in [4.69, 9.17) is 14.2 Å². The number of hydrogen-bond acceptors (Lipinski definition) is 5. The molecular weight excluding hydrogens is 320 g/mol. The number of benzene rings is 2. The van der Waals surface area contributed by atoms with Gasteiger partial charge < -0.3 is 19.3 Å². The van der Waals surface area contributed by atoms with Crippen LogP contribution in [0, 0.1) is 11.8 Å². The van der Waals surface area contributed by atoms with Crippen molar-refractivity contribution in [2.75, 3.05) is 13.9 Å². The van der Waals surface area contributed by atoms with E-state index >= 15 is 0 Å². The van der Waals surface area contributed by atoms with Gasteiger partial charge >= 0.3 is 0 Å². The molecule has 2 aromatic rings. The Labute approximate surface area is 146 Å². The van der Waals surface area contributed by atoms with Crippen LogP contribution in [0.25, 0.3) is 0 Å². The van der Waals surface area contributed by atoms with Crippen molar-refractivity contribution in [2.45, 2.75) is 19.8 Å². The smallest absolute Gasteiger partial charge is 0.231 e. The largest absolute Gasteiger partial charge is 0.504 e. The summed E-state index contributed by atoms with van der Waals surface area (Å²) in [6.07, 6.45) is 0. The molecule has 0 saturated carbocycles. The molecule has 4 rings (SSSR count). The monoisotopic (exact) mass is 340 g/mol. The Hall–Kier alpha value is -2.69.